The molecule has 0 aliphatic carbocycles. The van der Waals surface area contributed by atoms with Gasteiger partial charge in [0.25, 0.3) is 0 Å². The van der Waals surface area contributed by atoms with Crippen molar-refractivity contribution in [2.75, 3.05) is 20.1 Å². The first-order valence-electron chi connectivity index (χ1n) is 8.08. The molecule has 0 heterocycles. The molecule has 1 unspecified atom stereocenters. The van der Waals surface area contributed by atoms with Gasteiger partial charge in [0, 0.05) is 5.54 Å². The molecule has 0 saturated heterocycles. The number of nitrogens with zero attached hydrogens (tertiary/aromatic N) is 1. The molecule has 0 spiro atoms. The zero-order valence-electron chi connectivity index (χ0n) is 14.2. The van der Waals surface area contributed by atoms with E-state index in [1.807, 2.05) is 0 Å². The highest BCUT2D eigenvalue weighted by atomic mass is 15.2. The molecule has 0 aliphatic heterocycles. The Balaban J connectivity index is 3.28. The van der Waals surface area contributed by atoms with Gasteiger partial charge in [-0.05, 0) is 45.5 Å². The van der Waals surface area contributed by atoms with Gasteiger partial charge >= 0.3 is 0 Å². The largest absolute Gasteiger partial charge is 0.311 e. The average Bonchev–Trinajstić information content (AvgIpc) is 2.47. The standard InChI is InChI=1S/C18H32N2/c1-7-18(8-2,20(9-3)10-4)17(19-6)16-13-11-12-15(5)14-16/h11-14,17,19H,7-10H2,1-6H3. The molecule has 1 rings (SSSR count). The van der Waals surface area contributed by atoms with E-state index in [9.17, 15) is 0 Å². The fourth-order valence-electron chi connectivity index (χ4n) is 3.74. The topological polar surface area (TPSA) is 15.3 Å². The second-order valence-electron chi connectivity index (χ2n) is 5.62. The monoisotopic (exact) mass is 276 g/mol. The molecule has 0 radical (unpaired) electrons. The molecule has 1 atom stereocenters. The minimum absolute atomic E-state index is 0.187. The van der Waals surface area contributed by atoms with E-state index in [4.69, 9.17) is 0 Å². The fourth-order valence-corrected chi connectivity index (χ4v) is 3.74. The first-order valence-corrected chi connectivity index (χ1v) is 8.08. The maximum Gasteiger partial charge on any atom is 0.0504 e. The second kappa shape index (κ2) is 7.80. The van der Waals surface area contributed by atoms with E-state index >= 15 is 0 Å². The van der Waals surface area contributed by atoms with E-state index in [0.29, 0.717) is 6.04 Å². The van der Waals surface area contributed by atoms with Gasteiger partial charge in [-0.25, -0.2) is 0 Å². The Morgan fingerprint density at radius 2 is 1.70 bits per heavy atom. The molecule has 0 saturated carbocycles. The van der Waals surface area contributed by atoms with E-state index in [-0.39, 0.29) is 5.54 Å². The summed E-state index contributed by atoms with van der Waals surface area (Å²) in [5.74, 6) is 0. The van der Waals surface area contributed by atoms with Gasteiger partial charge in [0.2, 0.25) is 0 Å². The summed E-state index contributed by atoms with van der Waals surface area (Å²) in [6.07, 6.45) is 2.31. The quantitative estimate of drug-likeness (QED) is 0.767. The van der Waals surface area contributed by atoms with E-state index in [0.717, 1.165) is 25.9 Å². The van der Waals surface area contributed by atoms with E-state index < -0.39 is 0 Å². The van der Waals surface area contributed by atoms with Gasteiger partial charge in [0.1, 0.15) is 0 Å². The molecule has 0 fully saturated rings. The molecular weight excluding hydrogens is 244 g/mol. The van der Waals surface area contributed by atoms with Crippen LogP contribution in [-0.4, -0.2) is 30.6 Å². The number of likely N-dealkylation sites (N-methyl/N-ethyl adjacent to an activating group) is 2. The van der Waals surface area contributed by atoms with Crippen molar-refractivity contribution in [2.45, 2.75) is 59.0 Å². The van der Waals surface area contributed by atoms with Crippen molar-refractivity contribution in [3.8, 4) is 0 Å². The van der Waals surface area contributed by atoms with Crippen molar-refractivity contribution in [1.29, 1.82) is 0 Å². The number of aryl methyl sites for hydroxylation is 1. The molecule has 114 valence electrons. The number of hydrogen-bond acceptors (Lipinski definition) is 2. The predicted molar refractivity (Wildman–Crippen MR) is 89.2 cm³/mol. The van der Waals surface area contributed by atoms with Crippen molar-refractivity contribution in [3.05, 3.63) is 35.4 Å². The highest BCUT2D eigenvalue weighted by Crippen LogP contribution is 2.37. The number of benzene rings is 1. The zero-order chi connectivity index (χ0) is 15.2. The number of nitrogens with one attached hydrogen (secondary N) is 1. The van der Waals surface area contributed by atoms with E-state index in [1.54, 1.807) is 0 Å². The van der Waals surface area contributed by atoms with Gasteiger partial charge in [0.15, 0.2) is 0 Å². The van der Waals surface area contributed by atoms with Gasteiger partial charge in [0.05, 0.1) is 6.04 Å². The lowest BCUT2D eigenvalue weighted by Gasteiger charge is -2.48. The van der Waals surface area contributed by atoms with Crippen molar-refractivity contribution >= 4 is 0 Å². The third-order valence-electron chi connectivity index (χ3n) is 4.82. The zero-order valence-corrected chi connectivity index (χ0v) is 14.2. The minimum atomic E-state index is 0.187. The van der Waals surface area contributed by atoms with Crippen LogP contribution in [0.25, 0.3) is 0 Å². The summed E-state index contributed by atoms with van der Waals surface area (Å²) in [6, 6.07) is 9.31. The van der Waals surface area contributed by atoms with Crippen molar-refractivity contribution in [2.24, 2.45) is 0 Å². The number of hydrogen-bond donors (Lipinski definition) is 1. The van der Waals surface area contributed by atoms with Crippen molar-refractivity contribution in [3.63, 3.8) is 0 Å². The summed E-state index contributed by atoms with van der Waals surface area (Å²) in [5.41, 5.74) is 2.93. The highest BCUT2D eigenvalue weighted by molar-refractivity contribution is 5.28. The Hall–Kier alpha value is -0.860. The van der Waals surface area contributed by atoms with Crippen LogP contribution in [0.15, 0.2) is 24.3 Å². The molecule has 2 nitrogen and oxygen atoms in total. The van der Waals surface area contributed by atoms with Gasteiger partial charge in [-0.2, -0.15) is 0 Å². The van der Waals surface area contributed by atoms with Crippen molar-refractivity contribution < 1.29 is 0 Å². The fraction of sp³-hybridized carbons (Fsp3) is 0.667. The Morgan fingerprint density at radius 3 is 2.10 bits per heavy atom. The van der Waals surface area contributed by atoms with E-state index in [1.165, 1.54) is 11.1 Å². The first-order chi connectivity index (χ1) is 9.59. The Kier molecular flexibility index (Phi) is 6.70. The van der Waals surface area contributed by atoms with Crippen LogP contribution in [0.4, 0.5) is 0 Å². The maximum absolute atomic E-state index is 3.60. The Bertz CT molecular complexity index is 392. The Morgan fingerprint density at radius 1 is 1.10 bits per heavy atom. The summed E-state index contributed by atoms with van der Waals surface area (Å²) in [5, 5.41) is 3.60. The highest BCUT2D eigenvalue weighted by Gasteiger charge is 2.39. The molecule has 1 N–H and O–H groups in total. The summed E-state index contributed by atoms with van der Waals surface area (Å²) in [6.45, 7) is 13.6. The van der Waals surface area contributed by atoms with Gasteiger partial charge in [-0.15, -0.1) is 0 Å². The van der Waals surface area contributed by atoms with Crippen LogP contribution >= 0.6 is 0 Å². The van der Waals surface area contributed by atoms with Gasteiger partial charge in [-0.1, -0.05) is 57.5 Å². The smallest absolute Gasteiger partial charge is 0.0504 e. The van der Waals surface area contributed by atoms with Crippen LogP contribution in [0.5, 0.6) is 0 Å². The maximum atomic E-state index is 3.60. The summed E-state index contributed by atoms with van der Waals surface area (Å²) in [4.78, 5) is 2.62. The normalized spacial score (nSPS) is 13.8. The summed E-state index contributed by atoms with van der Waals surface area (Å²) >= 11 is 0. The molecular formula is C18H32N2. The third kappa shape index (κ3) is 3.24. The lowest BCUT2D eigenvalue weighted by Crippen LogP contribution is -2.55. The lowest BCUT2D eigenvalue weighted by molar-refractivity contribution is 0.0515. The molecule has 1 aromatic carbocycles. The van der Waals surface area contributed by atoms with Gasteiger partial charge in [-0.3, -0.25) is 4.90 Å². The first kappa shape index (κ1) is 17.2. The SMILES string of the molecule is CCN(CC)C(CC)(CC)C(NC)c1cccc(C)c1. The van der Waals surface area contributed by atoms with Crippen LogP contribution in [0.2, 0.25) is 0 Å². The van der Waals surface area contributed by atoms with Crippen LogP contribution in [0.3, 0.4) is 0 Å². The van der Waals surface area contributed by atoms with Gasteiger partial charge < -0.3 is 5.32 Å². The van der Waals surface area contributed by atoms with Crippen LogP contribution in [-0.2, 0) is 0 Å². The van der Waals surface area contributed by atoms with E-state index in [2.05, 4.69) is 76.1 Å². The summed E-state index contributed by atoms with van der Waals surface area (Å²) < 4.78 is 0. The minimum Gasteiger partial charge on any atom is -0.311 e. The second-order valence-corrected chi connectivity index (χ2v) is 5.62. The molecule has 0 bridgehead atoms. The molecule has 1 aromatic rings. The molecule has 0 amide bonds. The summed E-state index contributed by atoms with van der Waals surface area (Å²) in [7, 11) is 2.09. The molecule has 0 aliphatic rings. The molecule has 0 aromatic heterocycles. The predicted octanol–water partition coefficient (Wildman–Crippen LogP) is 4.16. The Labute approximate surface area is 125 Å². The van der Waals surface area contributed by atoms with Crippen LogP contribution in [0, 0.1) is 6.92 Å². The third-order valence-corrected chi connectivity index (χ3v) is 4.82. The molecule has 2 heteroatoms. The van der Waals surface area contributed by atoms with Crippen molar-refractivity contribution in [1.82, 2.24) is 10.2 Å². The average molecular weight is 276 g/mol. The lowest BCUT2D eigenvalue weighted by atomic mass is 9.78. The van der Waals surface area contributed by atoms with Crippen LogP contribution in [0.1, 0.15) is 57.7 Å². The number of rotatable bonds is 8. The van der Waals surface area contributed by atoms with Crippen LogP contribution < -0.4 is 5.32 Å². The molecule has 20 heavy (non-hydrogen) atoms.